The molecule has 0 heterocycles. The standard InChI is InChI=1S/C19H27NO6/c1-6-24-16(21)13-9-10-14(12(4)5)19(11-20,18(23)26-8-3)15(13)17(22)25-7-2/h9,12,14-15H,6-8,10H2,1-5H3/t14-,15+,19-/m1/s1. The van der Waals surface area contributed by atoms with Crippen molar-refractivity contribution in [3.8, 4) is 6.07 Å². The molecule has 0 aromatic carbocycles. The predicted molar refractivity (Wildman–Crippen MR) is 92.5 cm³/mol. The Balaban J connectivity index is 3.64. The van der Waals surface area contributed by atoms with Crippen molar-refractivity contribution < 1.29 is 28.6 Å². The van der Waals surface area contributed by atoms with E-state index in [1.54, 1.807) is 26.8 Å². The van der Waals surface area contributed by atoms with Gasteiger partial charge in [-0.2, -0.15) is 5.26 Å². The maximum absolute atomic E-state index is 12.9. The van der Waals surface area contributed by atoms with Crippen LogP contribution in [-0.4, -0.2) is 37.7 Å². The smallest absolute Gasteiger partial charge is 0.334 e. The number of rotatable bonds is 7. The number of allylic oxidation sites excluding steroid dienone is 1. The molecule has 0 aromatic rings. The molecule has 0 N–H and O–H groups in total. The molecular weight excluding hydrogens is 338 g/mol. The van der Waals surface area contributed by atoms with E-state index in [9.17, 15) is 19.6 Å². The van der Waals surface area contributed by atoms with Crippen molar-refractivity contribution in [3.63, 3.8) is 0 Å². The third kappa shape index (κ3) is 3.90. The molecule has 0 saturated heterocycles. The number of carbonyl (C=O) groups is 3. The van der Waals surface area contributed by atoms with Gasteiger partial charge in [-0.15, -0.1) is 0 Å². The predicted octanol–water partition coefficient (Wildman–Crippen LogP) is 2.40. The second-order valence-electron chi connectivity index (χ2n) is 6.35. The lowest BCUT2D eigenvalue weighted by Crippen LogP contribution is -2.53. The van der Waals surface area contributed by atoms with E-state index in [-0.39, 0.29) is 37.7 Å². The summed E-state index contributed by atoms with van der Waals surface area (Å²) in [6.45, 7) is 8.83. The lowest BCUT2D eigenvalue weighted by atomic mass is 9.57. The molecule has 0 spiro atoms. The number of hydrogen-bond donors (Lipinski definition) is 0. The topological polar surface area (TPSA) is 103 Å². The summed E-state index contributed by atoms with van der Waals surface area (Å²) >= 11 is 0. The first kappa shape index (κ1) is 21.7. The zero-order valence-corrected chi connectivity index (χ0v) is 16.0. The van der Waals surface area contributed by atoms with Crippen LogP contribution in [0, 0.1) is 34.5 Å². The molecule has 26 heavy (non-hydrogen) atoms. The van der Waals surface area contributed by atoms with E-state index in [0.29, 0.717) is 0 Å². The Bertz CT molecular complexity index is 618. The van der Waals surface area contributed by atoms with Gasteiger partial charge in [0.25, 0.3) is 0 Å². The maximum atomic E-state index is 12.9. The molecule has 7 nitrogen and oxygen atoms in total. The summed E-state index contributed by atoms with van der Waals surface area (Å²) < 4.78 is 15.3. The lowest BCUT2D eigenvalue weighted by Gasteiger charge is -2.42. The third-order valence-corrected chi connectivity index (χ3v) is 4.58. The zero-order chi connectivity index (χ0) is 19.9. The van der Waals surface area contributed by atoms with E-state index >= 15 is 0 Å². The minimum absolute atomic E-state index is 0.0168. The van der Waals surface area contributed by atoms with Gasteiger partial charge in [-0.1, -0.05) is 19.9 Å². The number of hydrogen-bond acceptors (Lipinski definition) is 7. The van der Waals surface area contributed by atoms with Crippen molar-refractivity contribution in [2.75, 3.05) is 19.8 Å². The fourth-order valence-corrected chi connectivity index (χ4v) is 3.48. The van der Waals surface area contributed by atoms with Crippen molar-refractivity contribution in [1.29, 1.82) is 5.26 Å². The summed E-state index contributed by atoms with van der Waals surface area (Å²) in [5.41, 5.74) is -1.86. The number of nitrogens with zero attached hydrogens (tertiary/aromatic N) is 1. The molecule has 0 aliphatic heterocycles. The van der Waals surface area contributed by atoms with E-state index in [2.05, 4.69) is 0 Å². The Morgan fingerprint density at radius 2 is 1.73 bits per heavy atom. The van der Waals surface area contributed by atoms with Crippen LogP contribution in [0.2, 0.25) is 0 Å². The average Bonchev–Trinajstić information content (AvgIpc) is 2.60. The van der Waals surface area contributed by atoms with Crippen LogP contribution in [0.5, 0.6) is 0 Å². The monoisotopic (exact) mass is 365 g/mol. The zero-order valence-electron chi connectivity index (χ0n) is 16.0. The quantitative estimate of drug-likeness (QED) is 0.504. The van der Waals surface area contributed by atoms with Crippen LogP contribution in [0.3, 0.4) is 0 Å². The number of nitriles is 1. The summed E-state index contributed by atoms with van der Waals surface area (Å²) in [5, 5.41) is 10.0. The summed E-state index contributed by atoms with van der Waals surface area (Å²) in [6.07, 6.45) is 1.87. The fourth-order valence-electron chi connectivity index (χ4n) is 3.48. The highest BCUT2D eigenvalue weighted by Gasteiger charge is 2.61. The summed E-state index contributed by atoms with van der Waals surface area (Å²) in [4.78, 5) is 38.0. The molecule has 0 unspecified atom stereocenters. The first-order chi connectivity index (χ1) is 12.3. The molecule has 0 aromatic heterocycles. The van der Waals surface area contributed by atoms with Gasteiger partial charge in [-0.3, -0.25) is 9.59 Å². The normalized spacial score (nSPS) is 25.0. The Morgan fingerprint density at radius 3 is 2.19 bits per heavy atom. The van der Waals surface area contributed by atoms with Crippen LogP contribution in [0.25, 0.3) is 0 Å². The van der Waals surface area contributed by atoms with Gasteiger partial charge in [-0.25, -0.2) is 4.79 Å². The van der Waals surface area contributed by atoms with Gasteiger partial charge < -0.3 is 14.2 Å². The van der Waals surface area contributed by atoms with Crippen LogP contribution < -0.4 is 0 Å². The second kappa shape index (κ2) is 9.37. The van der Waals surface area contributed by atoms with Crippen LogP contribution in [0.1, 0.15) is 41.0 Å². The maximum Gasteiger partial charge on any atom is 0.334 e. The second-order valence-corrected chi connectivity index (χ2v) is 6.35. The van der Waals surface area contributed by atoms with Crippen molar-refractivity contribution in [1.82, 2.24) is 0 Å². The first-order valence-electron chi connectivity index (χ1n) is 8.93. The van der Waals surface area contributed by atoms with E-state index in [0.717, 1.165) is 0 Å². The molecular formula is C19H27NO6. The Hall–Kier alpha value is -2.36. The van der Waals surface area contributed by atoms with E-state index in [4.69, 9.17) is 14.2 Å². The highest BCUT2D eigenvalue weighted by atomic mass is 16.5. The molecule has 1 aliphatic carbocycles. The van der Waals surface area contributed by atoms with Crippen molar-refractivity contribution in [3.05, 3.63) is 11.6 Å². The van der Waals surface area contributed by atoms with Crippen LogP contribution >= 0.6 is 0 Å². The van der Waals surface area contributed by atoms with Crippen LogP contribution in [0.4, 0.5) is 0 Å². The van der Waals surface area contributed by atoms with Crippen molar-refractivity contribution >= 4 is 17.9 Å². The van der Waals surface area contributed by atoms with Gasteiger partial charge in [0, 0.05) is 5.57 Å². The highest BCUT2D eigenvalue weighted by molar-refractivity contribution is 6.00. The molecule has 0 amide bonds. The fraction of sp³-hybridized carbons (Fsp3) is 0.684. The average molecular weight is 365 g/mol. The lowest BCUT2D eigenvalue weighted by molar-refractivity contribution is -0.170. The first-order valence-corrected chi connectivity index (χ1v) is 8.93. The van der Waals surface area contributed by atoms with Gasteiger partial charge >= 0.3 is 17.9 Å². The minimum atomic E-state index is -1.84. The van der Waals surface area contributed by atoms with Gasteiger partial charge in [0.05, 0.1) is 25.9 Å². The van der Waals surface area contributed by atoms with Gasteiger partial charge in [0.15, 0.2) is 5.41 Å². The molecule has 7 heteroatoms. The number of carbonyl (C=O) groups excluding carboxylic acids is 3. The van der Waals surface area contributed by atoms with E-state index in [1.807, 2.05) is 19.9 Å². The van der Waals surface area contributed by atoms with Crippen LogP contribution in [-0.2, 0) is 28.6 Å². The summed E-state index contributed by atoms with van der Waals surface area (Å²) in [5.74, 6) is -4.32. The van der Waals surface area contributed by atoms with Gasteiger partial charge in [0.1, 0.15) is 5.92 Å². The summed E-state index contributed by atoms with van der Waals surface area (Å²) in [7, 11) is 0. The molecule has 0 bridgehead atoms. The number of esters is 3. The molecule has 1 rings (SSSR count). The van der Waals surface area contributed by atoms with Crippen molar-refractivity contribution in [2.24, 2.45) is 23.2 Å². The Morgan fingerprint density at radius 1 is 1.15 bits per heavy atom. The van der Waals surface area contributed by atoms with Crippen LogP contribution in [0.15, 0.2) is 11.6 Å². The molecule has 0 fully saturated rings. The SMILES string of the molecule is CCOC(=O)C1=CC[C@H](C(C)C)[C@@](C#N)(C(=O)OCC)[C@@H]1C(=O)OCC. The minimum Gasteiger partial charge on any atom is -0.465 e. The Labute approximate surface area is 154 Å². The number of ether oxygens (including phenoxy) is 3. The van der Waals surface area contributed by atoms with Gasteiger partial charge in [0.2, 0.25) is 0 Å². The molecule has 3 atom stereocenters. The summed E-state index contributed by atoms with van der Waals surface area (Å²) in [6, 6.07) is 2.03. The molecule has 144 valence electrons. The molecule has 0 saturated carbocycles. The third-order valence-electron chi connectivity index (χ3n) is 4.58. The molecule has 1 aliphatic rings. The largest absolute Gasteiger partial charge is 0.465 e. The van der Waals surface area contributed by atoms with E-state index < -0.39 is 35.2 Å². The Kier molecular flexibility index (Phi) is 7.81. The molecule has 0 radical (unpaired) electrons. The van der Waals surface area contributed by atoms with Crippen molar-refractivity contribution in [2.45, 2.75) is 41.0 Å². The van der Waals surface area contributed by atoms with Gasteiger partial charge in [-0.05, 0) is 39.0 Å². The highest BCUT2D eigenvalue weighted by Crippen LogP contribution is 2.50. The van der Waals surface area contributed by atoms with E-state index in [1.165, 1.54) is 0 Å².